The summed E-state index contributed by atoms with van der Waals surface area (Å²) >= 11 is 0. The van der Waals surface area contributed by atoms with Gasteiger partial charge in [-0.25, -0.2) is 4.79 Å². The Balaban J connectivity index is 2.08. The summed E-state index contributed by atoms with van der Waals surface area (Å²) in [6.45, 7) is 0. The molecule has 2 heterocycles. The van der Waals surface area contributed by atoms with Gasteiger partial charge in [-0.2, -0.15) is 0 Å². The predicted molar refractivity (Wildman–Crippen MR) is 73.0 cm³/mol. The quantitative estimate of drug-likeness (QED) is 0.788. The molecule has 20 heavy (non-hydrogen) atoms. The Bertz CT molecular complexity index is 781. The van der Waals surface area contributed by atoms with Gasteiger partial charge in [0.25, 0.3) is 0 Å². The van der Waals surface area contributed by atoms with Crippen LogP contribution in [0.25, 0.3) is 10.9 Å². The minimum atomic E-state index is -1.08. The fourth-order valence-electron chi connectivity index (χ4n) is 1.91. The highest BCUT2D eigenvalue weighted by atomic mass is 16.5. The Morgan fingerprint density at radius 1 is 1.05 bits per heavy atom. The van der Waals surface area contributed by atoms with Gasteiger partial charge in [0.2, 0.25) is 0 Å². The van der Waals surface area contributed by atoms with Crippen molar-refractivity contribution in [1.29, 1.82) is 0 Å². The van der Waals surface area contributed by atoms with Crippen molar-refractivity contribution in [3.63, 3.8) is 0 Å². The number of benzene rings is 1. The van der Waals surface area contributed by atoms with Gasteiger partial charge in [0.15, 0.2) is 5.75 Å². The molecule has 98 valence electrons. The molecule has 0 spiro atoms. The Hall–Kier alpha value is -2.95. The van der Waals surface area contributed by atoms with Crippen molar-refractivity contribution in [2.45, 2.75) is 0 Å². The lowest BCUT2D eigenvalue weighted by Crippen LogP contribution is -2.00. The number of carboxylic acids is 1. The summed E-state index contributed by atoms with van der Waals surface area (Å²) in [7, 11) is 0. The molecule has 2 aromatic heterocycles. The van der Waals surface area contributed by atoms with Crippen molar-refractivity contribution in [2.24, 2.45) is 0 Å². The standard InChI is InChI=1S/C15H10N2O3/c18-15(19)11-9-16-8-6-12(11)20-13-5-1-3-10-4-2-7-17-14(10)13/h1-9H,(H,18,19). The van der Waals surface area contributed by atoms with E-state index in [-0.39, 0.29) is 11.3 Å². The molecular weight excluding hydrogens is 256 g/mol. The van der Waals surface area contributed by atoms with Crippen molar-refractivity contribution >= 4 is 16.9 Å². The number of carboxylic acid groups (broad SMARTS) is 1. The van der Waals surface area contributed by atoms with Crippen LogP contribution in [0.4, 0.5) is 0 Å². The molecule has 1 aromatic carbocycles. The van der Waals surface area contributed by atoms with Crippen LogP contribution in [0.3, 0.4) is 0 Å². The maximum Gasteiger partial charge on any atom is 0.341 e. The minimum absolute atomic E-state index is 0.0143. The van der Waals surface area contributed by atoms with Gasteiger partial charge in [-0.3, -0.25) is 9.97 Å². The van der Waals surface area contributed by atoms with Crippen molar-refractivity contribution in [3.05, 3.63) is 60.6 Å². The van der Waals surface area contributed by atoms with Crippen molar-refractivity contribution in [1.82, 2.24) is 9.97 Å². The van der Waals surface area contributed by atoms with Crippen LogP contribution >= 0.6 is 0 Å². The summed E-state index contributed by atoms with van der Waals surface area (Å²) in [5, 5.41) is 10.0. The number of rotatable bonds is 3. The summed E-state index contributed by atoms with van der Waals surface area (Å²) < 4.78 is 5.70. The molecule has 0 aliphatic heterocycles. The molecule has 0 fully saturated rings. The largest absolute Gasteiger partial charge is 0.477 e. The molecular formula is C15H10N2O3. The minimum Gasteiger partial charge on any atom is -0.477 e. The van der Waals surface area contributed by atoms with Gasteiger partial charge in [-0.15, -0.1) is 0 Å². The molecule has 5 nitrogen and oxygen atoms in total. The van der Waals surface area contributed by atoms with Gasteiger partial charge in [-0.05, 0) is 12.1 Å². The van der Waals surface area contributed by atoms with E-state index in [4.69, 9.17) is 9.84 Å². The van der Waals surface area contributed by atoms with E-state index in [2.05, 4.69) is 9.97 Å². The second-order valence-electron chi connectivity index (χ2n) is 4.11. The molecule has 3 aromatic rings. The van der Waals surface area contributed by atoms with E-state index in [1.807, 2.05) is 24.3 Å². The average Bonchev–Trinajstić information content (AvgIpc) is 2.48. The zero-order valence-corrected chi connectivity index (χ0v) is 10.4. The summed E-state index contributed by atoms with van der Waals surface area (Å²) in [5.74, 6) is -0.330. The van der Waals surface area contributed by atoms with Crippen molar-refractivity contribution in [3.8, 4) is 11.5 Å². The summed E-state index contributed by atoms with van der Waals surface area (Å²) in [4.78, 5) is 19.2. The number of pyridine rings is 2. The van der Waals surface area contributed by atoms with Gasteiger partial charge in [0, 0.05) is 30.0 Å². The molecule has 0 amide bonds. The number of nitrogens with zero attached hydrogens (tertiary/aromatic N) is 2. The van der Waals surface area contributed by atoms with Gasteiger partial charge >= 0.3 is 5.97 Å². The number of aromatic carboxylic acids is 1. The number of hydrogen-bond donors (Lipinski definition) is 1. The molecule has 3 rings (SSSR count). The highest BCUT2D eigenvalue weighted by Crippen LogP contribution is 2.29. The zero-order valence-electron chi connectivity index (χ0n) is 10.4. The number of para-hydroxylation sites is 1. The third kappa shape index (κ3) is 2.16. The lowest BCUT2D eigenvalue weighted by Gasteiger charge is -2.09. The number of ether oxygens (including phenoxy) is 1. The third-order valence-electron chi connectivity index (χ3n) is 2.83. The number of aromatic nitrogens is 2. The first kappa shape index (κ1) is 12.1. The molecule has 0 unspecified atom stereocenters. The van der Waals surface area contributed by atoms with Crippen LogP contribution in [0.15, 0.2) is 55.0 Å². The SMILES string of the molecule is O=C(O)c1cnccc1Oc1cccc2cccnc12. The predicted octanol–water partition coefficient (Wildman–Crippen LogP) is 3.12. The van der Waals surface area contributed by atoms with Crippen molar-refractivity contribution in [2.75, 3.05) is 0 Å². The fourth-order valence-corrected chi connectivity index (χ4v) is 1.91. The van der Waals surface area contributed by atoms with Gasteiger partial charge < -0.3 is 9.84 Å². The summed E-state index contributed by atoms with van der Waals surface area (Å²) in [6.07, 6.45) is 4.41. The Kier molecular flexibility index (Phi) is 3.01. The summed E-state index contributed by atoms with van der Waals surface area (Å²) in [5.41, 5.74) is 0.698. The van der Waals surface area contributed by atoms with E-state index < -0.39 is 5.97 Å². The van der Waals surface area contributed by atoms with E-state index in [0.29, 0.717) is 11.3 Å². The molecule has 0 aliphatic carbocycles. The second kappa shape index (κ2) is 4.97. The molecule has 0 aliphatic rings. The Labute approximate surface area is 114 Å². The Morgan fingerprint density at radius 3 is 2.75 bits per heavy atom. The molecule has 5 heteroatoms. The van der Waals surface area contributed by atoms with Crippen LogP contribution < -0.4 is 4.74 Å². The molecule has 0 bridgehead atoms. The average molecular weight is 266 g/mol. The lowest BCUT2D eigenvalue weighted by molar-refractivity contribution is 0.0693. The first-order valence-electron chi connectivity index (χ1n) is 5.94. The first-order valence-corrected chi connectivity index (χ1v) is 5.94. The molecule has 0 atom stereocenters. The summed E-state index contributed by atoms with van der Waals surface area (Å²) in [6, 6.07) is 10.8. The first-order chi connectivity index (χ1) is 9.75. The van der Waals surface area contributed by atoms with Crippen LogP contribution in [0.5, 0.6) is 11.5 Å². The van der Waals surface area contributed by atoms with E-state index in [0.717, 1.165) is 5.39 Å². The highest BCUT2D eigenvalue weighted by Gasteiger charge is 2.13. The van der Waals surface area contributed by atoms with E-state index in [1.54, 1.807) is 12.3 Å². The fraction of sp³-hybridized carbons (Fsp3) is 0. The maximum atomic E-state index is 11.1. The van der Waals surface area contributed by atoms with Gasteiger partial charge in [0.1, 0.15) is 16.8 Å². The topological polar surface area (TPSA) is 72.3 Å². The van der Waals surface area contributed by atoms with Crippen molar-refractivity contribution < 1.29 is 14.6 Å². The van der Waals surface area contributed by atoms with Gasteiger partial charge in [-0.1, -0.05) is 18.2 Å². The number of fused-ring (bicyclic) bond motifs is 1. The van der Waals surface area contributed by atoms with E-state index in [9.17, 15) is 4.79 Å². The molecule has 0 saturated heterocycles. The third-order valence-corrected chi connectivity index (χ3v) is 2.83. The van der Waals surface area contributed by atoms with Crippen LogP contribution in [-0.4, -0.2) is 21.0 Å². The number of carbonyl (C=O) groups is 1. The lowest BCUT2D eigenvalue weighted by atomic mass is 10.2. The highest BCUT2D eigenvalue weighted by molar-refractivity contribution is 5.91. The van der Waals surface area contributed by atoms with Crippen LogP contribution in [-0.2, 0) is 0 Å². The molecule has 0 saturated carbocycles. The van der Waals surface area contributed by atoms with Gasteiger partial charge in [0.05, 0.1) is 0 Å². The zero-order chi connectivity index (χ0) is 13.9. The van der Waals surface area contributed by atoms with Crippen LogP contribution in [0.1, 0.15) is 10.4 Å². The number of hydrogen-bond acceptors (Lipinski definition) is 4. The monoisotopic (exact) mass is 266 g/mol. The normalized spacial score (nSPS) is 10.4. The van der Waals surface area contributed by atoms with Crippen LogP contribution in [0, 0.1) is 0 Å². The Morgan fingerprint density at radius 2 is 1.90 bits per heavy atom. The second-order valence-corrected chi connectivity index (χ2v) is 4.11. The molecule has 1 N–H and O–H groups in total. The molecule has 0 radical (unpaired) electrons. The van der Waals surface area contributed by atoms with E-state index in [1.165, 1.54) is 18.5 Å². The van der Waals surface area contributed by atoms with Crippen LogP contribution in [0.2, 0.25) is 0 Å². The van der Waals surface area contributed by atoms with E-state index >= 15 is 0 Å². The smallest absolute Gasteiger partial charge is 0.341 e. The maximum absolute atomic E-state index is 11.1.